The second-order valence-electron chi connectivity index (χ2n) is 8.18. The molecule has 0 radical (unpaired) electrons. The van der Waals surface area contributed by atoms with Crippen LogP contribution in [-0.2, 0) is 4.79 Å². The number of anilines is 1. The third-order valence-corrected chi connectivity index (χ3v) is 5.82. The van der Waals surface area contributed by atoms with Crippen molar-refractivity contribution < 1.29 is 18.7 Å². The second-order valence-corrected chi connectivity index (χ2v) is 8.18. The summed E-state index contributed by atoms with van der Waals surface area (Å²) in [5.74, 6) is 1.34. The number of amides is 1. The molecule has 1 N–H and O–H groups in total. The lowest BCUT2D eigenvalue weighted by Gasteiger charge is -2.12. The van der Waals surface area contributed by atoms with E-state index in [4.69, 9.17) is 13.9 Å². The molecule has 0 atom stereocenters. The van der Waals surface area contributed by atoms with Crippen molar-refractivity contribution in [2.45, 2.75) is 13.8 Å². The first-order chi connectivity index (χ1) is 16.5. The highest BCUT2D eigenvalue weighted by molar-refractivity contribution is 5.94. The Morgan fingerprint density at radius 2 is 1.74 bits per heavy atom. The van der Waals surface area contributed by atoms with Crippen molar-refractivity contribution in [3.8, 4) is 23.0 Å². The lowest BCUT2D eigenvalue weighted by atomic mass is 10.1. The first-order valence-corrected chi connectivity index (χ1v) is 11.0. The van der Waals surface area contributed by atoms with Gasteiger partial charge in [-0.05, 0) is 78.2 Å². The number of methoxy groups -OCH3 is 1. The van der Waals surface area contributed by atoms with Crippen molar-refractivity contribution in [2.75, 3.05) is 19.0 Å². The largest absolute Gasteiger partial charge is 0.495 e. The standard InChI is InChI=1S/C28H24N2O4/c1-17-12-23-26(13-18(17)2)34-28(30-23)21-9-11-25(32-3)24(15-21)29-27(31)16-33-22-10-8-19-6-4-5-7-20(19)14-22/h4-15H,16H2,1-3H3,(H,29,31). The van der Waals surface area contributed by atoms with E-state index in [1.54, 1.807) is 19.2 Å². The number of nitrogens with zero attached hydrogens (tertiary/aromatic N) is 1. The SMILES string of the molecule is COc1ccc(-c2nc3cc(C)c(C)cc3o2)cc1NC(=O)COc1ccc2ccccc2c1. The molecule has 6 heteroatoms. The van der Waals surface area contributed by atoms with Crippen molar-refractivity contribution in [3.05, 3.63) is 83.9 Å². The van der Waals surface area contributed by atoms with E-state index in [9.17, 15) is 4.79 Å². The van der Waals surface area contributed by atoms with E-state index in [1.165, 1.54) is 0 Å². The van der Waals surface area contributed by atoms with Crippen LogP contribution in [0.3, 0.4) is 0 Å². The number of rotatable bonds is 6. The number of nitrogens with one attached hydrogen (secondary N) is 1. The highest BCUT2D eigenvalue weighted by Crippen LogP contribution is 2.32. The zero-order valence-electron chi connectivity index (χ0n) is 19.2. The molecule has 0 bridgehead atoms. The zero-order chi connectivity index (χ0) is 23.7. The highest BCUT2D eigenvalue weighted by Gasteiger charge is 2.14. The molecule has 1 heterocycles. The maximum atomic E-state index is 12.7. The second kappa shape index (κ2) is 8.90. The van der Waals surface area contributed by atoms with Crippen LogP contribution in [0.1, 0.15) is 11.1 Å². The van der Waals surface area contributed by atoms with Gasteiger partial charge in [0.05, 0.1) is 12.8 Å². The molecule has 0 spiro atoms. The molecular weight excluding hydrogens is 428 g/mol. The van der Waals surface area contributed by atoms with Crippen molar-refractivity contribution in [3.63, 3.8) is 0 Å². The number of carbonyl (C=O) groups is 1. The Morgan fingerprint density at radius 3 is 2.56 bits per heavy atom. The number of ether oxygens (including phenoxy) is 2. The molecule has 6 nitrogen and oxygen atoms in total. The Labute approximate surface area is 197 Å². The van der Waals surface area contributed by atoms with Crippen LogP contribution in [0.15, 0.2) is 77.2 Å². The topological polar surface area (TPSA) is 73.6 Å². The molecular formula is C28H24N2O4. The maximum Gasteiger partial charge on any atom is 0.262 e. The first kappa shape index (κ1) is 21.5. The average Bonchev–Trinajstić information content (AvgIpc) is 3.25. The summed E-state index contributed by atoms with van der Waals surface area (Å²) in [4.78, 5) is 17.3. The fourth-order valence-corrected chi connectivity index (χ4v) is 3.83. The Hall–Kier alpha value is -4.32. The number of oxazole rings is 1. The van der Waals surface area contributed by atoms with E-state index in [-0.39, 0.29) is 12.5 Å². The number of aromatic nitrogens is 1. The molecule has 5 aromatic rings. The quantitative estimate of drug-likeness (QED) is 0.328. The van der Waals surface area contributed by atoms with Gasteiger partial charge >= 0.3 is 0 Å². The Bertz CT molecular complexity index is 1480. The van der Waals surface area contributed by atoms with Crippen LogP contribution >= 0.6 is 0 Å². The van der Waals surface area contributed by atoms with Crippen LogP contribution in [0.25, 0.3) is 33.3 Å². The minimum absolute atomic E-state index is 0.132. The molecule has 5 rings (SSSR count). The molecule has 1 aromatic heterocycles. The number of benzene rings is 4. The minimum Gasteiger partial charge on any atom is -0.495 e. The predicted octanol–water partition coefficient (Wildman–Crippen LogP) is 6.29. The molecule has 4 aromatic carbocycles. The molecule has 0 fully saturated rings. The molecule has 0 aliphatic carbocycles. The summed E-state index contributed by atoms with van der Waals surface area (Å²) in [6.07, 6.45) is 0. The number of hydrogen-bond donors (Lipinski definition) is 1. The lowest BCUT2D eigenvalue weighted by Crippen LogP contribution is -2.20. The Kier molecular flexibility index (Phi) is 5.64. The van der Waals surface area contributed by atoms with Gasteiger partial charge in [-0.15, -0.1) is 0 Å². The van der Waals surface area contributed by atoms with Gasteiger partial charge in [0, 0.05) is 5.56 Å². The summed E-state index contributed by atoms with van der Waals surface area (Å²) >= 11 is 0. The van der Waals surface area contributed by atoms with E-state index in [2.05, 4.69) is 10.3 Å². The van der Waals surface area contributed by atoms with Gasteiger partial charge in [-0.25, -0.2) is 4.98 Å². The van der Waals surface area contributed by atoms with Crippen LogP contribution in [0.4, 0.5) is 5.69 Å². The molecule has 170 valence electrons. The maximum absolute atomic E-state index is 12.7. The van der Waals surface area contributed by atoms with Crippen molar-refractivity contribution in [1.29, 1.82) is 0 Å². The van der Waals surface area contributed by atoms with Crippen LogP contribution in [0.5, 0.6) is 11.5 Å². The van der Waals surface area contributed by atoms with Gasteiger partial charge in [0.2, 0.25) is 5.89 Å². The van der Waals surface area contributed by atoms with Crippen molar-refractivity contribution in [2.24, 2.45) is 0 Å². The molecule has 0 aliphatic rings. The van der Waals surface area contributed by atoms with Crippen molar-refractivity contribution >= 4 is 33.5 Å². The summed E-state index contributed by atoms with van der Waals surface area (Å²) in [6.45, 7) is 3.95. The van der Waals surface area contributed by atoms with Crippen LogP contribution < -0.4 is 14.8 Å². The fraction of sp³-hybridized carbons (Fsp3) is 0.143. The van der Waals surface area contributed by atoms with Gasteiger partial charge < -0.3 is 19.2 Å². The Morgan fingerprint density at radius 1 is 0.941 bits per heavy atom. The van der Waals surface area contributed by atoms with Gasteiger partial charge in [-0.2, -0.15) is 0 Å². The molecule has 0 aliphatic heterocycles. The van der Waals surface area contributed by atoms with Crippen LogP contribution in [0, 0.1) is 13.8 Å². The van der Waals surface area contributed by atoms with Gasteiger partial charge in [0.25, 0.3) is 5.91 Å². The number of carbonyl (C=O) groups excluding carboxylic acids is 1. The monoisotopic (exact) mass is 452 g/mol. The fourth-order valence-electron chi connectivity index (χ4n) is 3.83. The van der Waals surface area contributed by atoms with Gasteiger partial charge in [-0.1, -0.05) is 30.3 Å². The summed E-state index contributed by atoms with van der Waals surface area (Å²) in [6, 6.07) is 23.1. The Balaban J connectivity index is 1.34. The number of hydrogen-bond acceptors (Lipinski definition) is 5. The highest BCUT2D eigenvalue weighted by atomic mass is 16.5. The molecule has 1 amide bonds. The summed E-state index contributed by atoms with van der Waals surface area (Å²) in [5.41, 5.74) is 5.07. The van der Waals surface area contributed by atoms with E-state index in [0.717, 1.165) is 38.6 Å². The molecule has 34 heavy (non-hydrogen) atoms. The summed E-state index contributed by atoms with van der Waals surface area (Å²) in [5, 5.41) is 5.04. The molecule has 0 saturated heterocycles. The molecule has 0 saturated carbocycles. The van der Waals surface area contributed by atoms with Crippen LogP contribution in [-0.4, -0.2) is 24.6 Å². The summed E-state index contributed by atoms with van der Waals surface area (Å²) < 4.78 is 17.1. The average molecular weight is 453 g/mol. The van der Waals surface area contributed by atoms with Gasteiger partial charge in [0.15, 0.2) is 12.2 Å². The third kappa shape index (κ3) is 4.30. The summed E-state index contributed by atoms with van der Waals surface area (Å²) in [7, 11) is 1.56. The van der Waals surface area contributed by atoms with E-state index < -0.39 is 0 Å². The predicted molar refractivity (Wildman–Crippen MR) is 134 cm³/mol. The lowest BCUT2D eigenvalue weighted by molar-refractivity contribution is -0.118. The van der Waals surface area contributed by atoms with Crippen LogP contribution in [0.2, 0.25) is 0 Å². The zero-order valence-corrected chi connectivity index (χ0v) is 19.2. The normalized spacial score (nSPS) is 11.0. The number of aryl methyl sites for hydroxylation is 2. The van der Waals surface area contributed by atoms with E-state index in [1.807, 2.05) is 74.5 Å². The van der Waals surface area contributed by atoms with E-state index >= 15 is 0 Å². The van der Waals surface area contributed by atoms with Gasteiger partial charge in [-0.3, -0.25) is 4.79 Å². The third-order valence-electron chi connectivity index (χ3n) is 5.82. The van der Waals surface area contributed by atoms with Gasteiger partial charge in [0.1, 0.15) is 17.0 Å². The van der Waals surface area contributed by atoms with Crippen molar-refractivity contribution in [1.82, 2.24) is 4.98 Å². The molecule has 0 unspecified atom stereocenters. The smallest absolute Gasteiger partial charge is 0.262 e. The number of fused-ring (bicyclic) bond motifs is 2. The first-order valence-electron chi connectivity index (χ1n) is 11.0. The van der Waals surface area contributed by atoms with E-state index in [0.29, 0.717) is 23.1 Å². The minimum atomic E-state index is -0.299.